The van der Waals surface area contributed by atoms with Crippen molar-refractivity contribution in [2.24, 2.45) is 0 Å². The van der Waals surface area contributed by atoms with Gasteiger partial charge in [0.25, 0.3) is 0 Å². The molecule has 0 amide bonds. The van der Waals surface area contributed by atoms with Crippen LogP contribution >= 0.6 is 0 Å². The highest BCUT2D eigenvalue weighted by atomic mass is 15.2. The van der Waals surface area contributed by atoms with E-state index >= 15 is 0 Å². The van der Waals surface area contributed by atoms with E-state index in [9.17, 15) is 0 Å². The van der Waals surface area contributed by atoms with Crippen LogP contribution in [0.25, 0.3) is 0 Å². The van der Waals surface area contributed by atoms with Crippen LogP contribution in [-0.4, -0.2) is 28.5 Å². The van der Waals surface area contributed by atoms with Crippen molar-refractivity contribution >= 4 is 11.6 Å². The zero-order valence-corrected chi connectivity index (χ0v) is 12.2. The SMILES string of the molecule is CC(C)c1nc(N)cc(N(C)CCc2ccncc2)n1. The lowest BCUT2D eigenvalue weighted by molar-refractivity contribution is 0.763. The molecule has 0 saturated heterocycles. The van der Waals surface area contributed by atoms with Gasteiger partial charge < -0.3 is 10.6 Å². The summed E-state index contributed by atoms with van der Waals surface area (Å²) in [5.74, 6) is 2.45. The summed E-state index contributed by atoms with van der Waals surface area (Å²) < 4.78 is 0. The van der Waals surface area contributed by atoms with E-state index in [0.717, 1.165) is 24.6 Å². The van der Waals surface area contributed by atoms with E-state index in [1.54, 1.807) is 0 Å². The van der Waals surface area contributed by atoms with E-state index in [-0.39, 0.29) is 5.92 Å². The maximum Gasteiger partial charge on any atom is 0.135 e. The van der Waals surface area contributed by atoms with Gasteiger partial charge in [0.2, 0.25) is 0 Å². The average molecular weight is 271 g/mol. The fourth-order valence-electron chi connectivity index (χ4n) is 1.89. The second kappa shape index (κ2) is 6.32. The molecular formula is C15H21N5. The second-order valence-electron chi connectivity index (χ2n) is 5.19. The summed E-state index contributed by atoms with van der Waals surface area (Å²) in [5.41, 5.74) is 7.12. The molecular weight excluding hydrogens is 250 g/mol. The van der Waals surface area contributed by atoms with E-state index in [1.807, 2.05) is 37.6 Å². The number of likely N-dealkylation sites (N-methyl/N-ethyl adjacent to an activating group) is 1. The first kappa shape index (κ1) is 14.2. The van der Waals surface area contributed by atoms with E-state index in [4.69, 9.17) is 5.73 Å². The van der Waals surface area contributed by atoms with Crippen LogP contribution in [0.2, 0.25) is 0 Å². The predicted molar refractivity (Wildman–Crippen MR) is 81.7 cm³/mol. The molecule has 0 unspecified atom stereocenters. The number of nitrogens with two attached hydrogens (primary N) is 1. The van der Waals surface area contributed by atoms with Crippen LogP contribution in [0.1, 0.15) is 31.2 Å². The highest BCUT2D eigenvalue weighted by molar-refractivity contribution is 5.46. The van der Waals surface area contributed by atoms with Gasteiger partial charge in [0.1, 0.15) is 17.5 Å². The molecule has 0 saturated carbocycles. The highest BCUT2D eigenvalue weighted by Crippen LogP contribution is 2.17. The Kier molecular flexibility index (Phi) is 4.50. The van der Waals surface area contributed by atoms with Crippen LogP contribution in [0, 0.1) is 0 Å². The molecule has 0 atom stereocenters. The van der Waals surface area contributed by atoms with Gasteiger partial charge in [0.15, 0.2) is 0 Å². The Balaban J connectivity index is 2.07. The largest absolute Gasteiger partial charge is 0.384 e. The lowest BCUT2D eigenvalue weighted by Crippen LogP contribution is -2.22. The smallest absolute Gasteiger partial charge is 0.135 e. The maximum atomic E-state index is 5.86. The third-order valence-corrected chi connectivity index (χ3v) is 3.14. The molecule has 5 heteroatoms. The van der Waals surface area contributed by atoms with Crippen molar-refractivity contribution < 1.29 is 0 Å². The third-order valence-electron chi connectivity index (χ3n) is 3.14. The van der Waals surface area contributed by atoms with Gasteiger partial charge >= 0.3 is 0 Å². The van der Waals surface area contributed by atoms with Crippen molar-refractivity contribution in [2.75, 3.05) is 24.2 Å². The van der Waals surface area contributed by atoms with Gasteiger partial charge in [-0.2, -0.15) is 0 Å². The predicted octanol–water partition coefficient (Wildman–Crippen LogP) is 2.26. The Hall–Kier alpha value is -2.17. The van der Waals surface area contributed by atoms with Crippen molar-refractivity contribution in [1.82, 2.24) is 15.0 Å². The number of anilines is 2. The summed E-state index contributed by atoms with van der Waals surface area (Å²) in [5, 5.41) is 0. The minimum absolute atomic E-state index is 0.269. The number of hydrogen-bond donors (Lipinski definition) is 1. The summed E-state index contributed by atoms with van der Waals surface area (Å²) in [6.07, 6.45) is 4.57. The number of nitrogen functional groups attached to an aromatic ring is 1. The van der Waals surface area contributed by atoms with Gasteiger partial charge in [-0.15, -0.1) is 0 Å². The normalized spacial score (nSPS) is 10.8. The van der Waals surface area contributed by atoms with E-state index in [0.29, 0.717) is 5.82 Å². The monoisotopic (exact) mass is 271 g/mol. The van der Waals surface area contributed by atoms with Gasteiger partial charge in [-0.1, -0.05) is 13.8 Å². The van der Waals surface area contributed by atoms with Gasteiger partial charge in [-0.25, -0.2) is 9.97 Å². The Morgan fingerprint density at radius 3 is 2.55 bits per heavy atom. The first-order chi connectivity index (χ1) is 9.56. The minimum Gasteiger partial charge on any atom is -0.384 e. The fraction of sp³-hybridized carbons (Fsp3) is 0.400. The average Bonchev–Trinajstić information content (AvgIpc) is 2.45. The molecule has 20 heavy (non-hydrogen) atoms. The molecule has 2 aromatic heterocycles. The molecule has 0 aliphatic carbocycles. The Morgan fingerprint density at radius 2 is 1.90 bits per heavy atom. The van der Waals surface area contributed by atoms with Crippen LogP contribution in [0.3, 0.4) is 0 Å². The van der Waals surface area contributed by atoms with Crippen molar-refractivity contribution in [3.05, 3.63) is 42.0 Å². The van der Waals surface area contributed by atoms with Gasteiger partial charge in [0, 0.05) is 38.0 Å². The Bertz CT molecular complexity index is 553. The van der Waals surface area contributed by atoms with E-state index in [2.05, 4.69) is 33.7 Å². The van der Waals surface area contributed by atoms with E-state index in [1.165, 1.54) is 5.56 Å². The third kappa shape index (κ3) is 3.66. The molecule has 2 aromatic rings. The summed E-state index contributed by atoms with van der Waals surface area (Å²) in [4.78, 5) is 15.0. The van der Waals surface area contributed by atoms with Crippen molar-refractivity contribution in [2.45, 2.75) is 26.2 Å². The van der Waals surface area contributed by atoms with E-state index < -0.39 is 0 Å². The summed E-state index contributed by atoms with van der Waals surface area (Å²) >= 11 is 0. The topological polar surface area (TPSA) is 67.9 Å². The molecule has 0 spiro atoms. The first-order valence-corrected chi connectivity index (χ1v) is 6.80. The highest BCUT2D eigenvalue weighted by Gasteiger charge is 2.09. The molecule has 2 rings (SSSR count). The molecule has 106 valence electrons. The maximum absolute atomic E-state index is 5.86. The molecule has 2 heterocycles. The van der Waals surface area contributed by atoms with Gasteiger partial charge in [0.05, 0.1) is 0 Å². The number of hydrogen-bond acceptors (Lipinski definition) is 5. The standard InChI is InChI=1S/C15H21N5/c1-11(2)15-18-13(16)10-14(19-15)20(3)9-6-12-4-7-17-8-5-12/h4-5,7-8,10-11H,6,9H2,1-3H3,(H2,16,18,19). The summed E-state index contributed by atoms with van der Waals surface area (Å²) in [6, 6.07) is 5.88. The molecule has 0 aliphatic heterocycles. The number of pyridine rings is 1. The zero-order valence-electron chi connectivity index (χ0n) is 12.2. The molecule has 2 N–H and O–H groups in total. The lowest BCUT2D eigenvalue weighted by atomic mass is 10.2. The number of aromatic nitrogens is 3. The van der Waals surface area contributed by atoms with Crippen molar-refractivity contribution in [3.8, 4) is 0 Å². The van der Waals surface area contributed by atoms with Crippen LogP contribution in [0.4, 0.5) is 11.6 Å². The second-order valence-corrected chi connectivity index (χ2v) is 5.19. The Labute approximate surface area is 119 Å². The molecule has 0 radical (unpaired) electrons. The quantitative estimate of drug-likeness (QED) is 0.903. The van der Waals surface area contributed by atoms with Gasteiger partial charge in [-0.05, 0) is 24.1 Å². The molecule has 0 aliphatic rings. The van der Waals surface area contributed by atoms with Crippen molar-refractivity contribution in [3.63, 3.8) is 0 Å². The van der Waals surface area contributed by atoms with Crippen LogP contribution < -0.4 is 10.6 Å². The molecule has 0 aromatic carbocycles. The number of rotatable bonds is 5. The first-order valence-electron chi connectivity index (χ1n) is 6.80. The Morgan fingerprint density at radius 1 is 1.20 bits per heavy atom. The van der Waals surface area contributed by atoms with Gasteiger partial charge in [-0.3, -0.25) is 4.98 Å². The molecule has 0 bridgehead atoms. The molecule has 5 nitrogen and oxygen atoms in total. The lowest BCUT2D eigenvalue weighted by Gasteiger charge is -2.19. The fourth-order valence-corrected chi connectivity index (χ4v) is 1.89. The number of nitrogens with zero attached hydrogens (tertiary/aromatic N) is 4. The van der Waals surface area contributed by atoms with Crippen LogP contribution in [-0.2, 0) is 6.42 Å². The molecule has 0 fully saturated rings. The minimum atomic E-state index is 0.269. The van der Waals surface area contributed by atoms with Crippen molar-refractivity contribution in [1.29, 1.82) is 0 Å². The van der Waals surface area contributed by atoms with Crippen LogP contribution in [0.5, 0.6) is 0 Å². The summed E-state index contributed by atoms with van der Waals surface area (Å²) in [6.45, 7) is 5.00. The van der Waals surface area contributed by atoms with Crippen LogP contribution in [0.15, 0.2) is 30.6 Å². The zero-order chi connectivity index (χ0) is 14.5. The summed E-state index contributed by atoms with van der Waals surface area (Å²) in [7, 11) is 2.02.